The summed E-state index contributed by atoms with van der Waals surface area (Å²) in [4.78, 5) is 4.53. The fraction of sp³-hybridized carbons (Fsp3) is 0.568. The van der Waals surface area contributed by atoms with Crippen LogP contribution in [0.2, 0.25) is 0 Å². The first-order chi connectivity index (χ1) is 27.5. The van der Waals surface area contributed by atoms with Crippen LogP contribution in [0.1, 0.15) is 43.2 Å². The van der Waals surface area contributed by atoms with E-state index in [0.29, 0.717) is 118 Å². The first kappa shape index (κ1) is 46.9. The van der Waals surface area contributed by atoms with Crippen molar-refractivity contribution in [1.29, 1.82) is 0 Å². The van der Waals surface area contributed by atoms with Gasteiger partial charge in [0, 0.05) is 116 Å². The highest BCUT2D eigenvalue weighted by atomic mass is 16.5. The molecule has 1 aliphatic carbocycles. The number of hydrogen-bond donors (Lipinski definition) is 4. The second-order valence-corrected chi connectivity index (χ2v) is 13.6. The number of aliphatic hydroxyl groups excluding tert-OH is 4. The van der Waals surface area contributed by atoms with E-state index in [4.69, 9.17) is 44.1 Å². The molecule has 3 rings (SSSR count). The summed E-state index contributed by atoms with van der Waals surface area (Å²) in [6.45, 7) is 8.79. The minimum absolute atomic E-state index is 0.113. The van der Waals surface area contributed by atoms with Gasteiger partial charge in [0.15, 0.2) is 5.71 Å². The van der Waals surface area contributed by atoms with Crippen molar-refractivity contribution in [3.05, 3.63) is 89.5 Å². The predicted octanol–water partition coefficient (Wildman–Crippen LogP) is 3.94. The number of ether oxygens (including phenoxy) is 5. The molecule has 0 saturated heterocycles. The summed E-state index contributed by atoms with van der Waals surface area (Å²) in [5, 5.41) is 36.3. The smallest absolute Gasteiger partial charge is 0.199 e. The fourth-order valence-electron chi connectivity index (χ4n) is 5.98. The van der Waals surface area contributed by atoms with Gasteiger partial charge >= 0.3 is 0 Å². The molecule has 0 saturated carbocycles. The van der Waals surface area contributed by atoms with Crippen LogP contribution < -0.4 is 9.80 Å². The Morgan fingerprint density at radius 3 is 1.09 bits per heavy atom. The summed E-state index contributed by atoms with van der Waals surface area (Å²) in [5.74, 6) is 0. The molecule has 312 valence electrons. The summed E-state index contributed by atoms with van der Waals surface area (Å²) < 4.78 is 30.9. The lowest BCUT2D eigenvalue weighted by molar-refractivity contribution is -0.462. The minimum atomic E-state index is 0.113. The maximum Gasteiger partial charge on any atom is 0.199 e. The van der Waals surface area contributed by atoms with Crippen molar-refractivity contribution in [2.24, 2.45) is 0 Å². The van der Waals surface area contributed by atoms with Crippen LogP contribution in [0, 0.1) is 0 Å². The maximum absolute atomic E-state index is 9.17. The maximum atomic E-state index is 9.17. The molecule has 0 atom stereocenters. The van der Waals surface area contributed by atoms with Crippen molar-refractivity contribution in [1.82, 2.24) is 0 Å². The fourth-order valence-corrected chi connectivity index (χ4v) is 5.98. The first-order valence-corrected chi connectivity index (χ1v) is 20.2. The van der Waals surface area contributed by atoms with E-state index in [2.05, 4.69) is 87.2 Å². The molecule has 56 heavy (non-hydrogen) atoms. The Labute approximate surface area is 334 Å². The Bertz CT molecular complexity index is 1410. The van der Waals surface area contributed by atoms with Gasteiger partial charge < -0.3 is 53.9 Å². The first-order valence-electron chi connectivity index (χ1n) is 20.2. The Morgan fingerprint density at radius 1 is 0.446 bits per heavy atom. The zero-order chi connectivity index (χ0) is 40.1. The number of nitrogens with zero attached hydrogens (tertiary/aromatic N) is 3. The largest absolute Gasteiger partial charge is 0.396 e. The molecule has 0 bridgehead atoms. The molecule has 2 aromatic carbocycles. The van der Waals surface area contributed by atoms with Gasteiger partial charge in [0.05, 0.1) is 26.4 Å². The monoisotopic (exact) mass is 782 g/mol. The SMILES string of the molecule is C[N+](C)=C1C=CC(=C(c2ccc(N(CCOCCCO)CCOCCCO)cc2)c2ccc(N(CCOCCCO)CCOCCCOCCCO)cc2)C=C1. The molecular weight excluding hydrogens is 714 g/mol. The average molecular weight is 783 g/mol. The molecule has 0 amide bonds. The standard InChI is InChI=1S/C44H68N3O9/c1-45(2)41-14-8-38(9-15-41)44(39-10-16-42(17-11-39)46(20-34-53-29-4-25-49)21-35-54-30-5-26-50)40-12-18-43(19-13-40)47(22-36-55-31-6-27-51)23-37-56-33-7-32-52-28-3-24-48/h8-19,48-51H,3-7,20-37H2,1-2H3/q+1. The van der Waals surface area contributed by atoms with Crippen molar-refractivity contribution in [2.45, 2.75) is 32.1 Å². The van der Waals surface area contributed by atoms with Crippen LogP contribution >= 0.6 is 0 Å². The summed E-state index contributed by atoms with van der Waals surface area (Å²) >= 11 is 0. The second kappa shape index (κ2) is 29.8. The van der Waals surface area contributed by atoms with Gasteiger partial charge in [-0.25, -0.2) is 4.58 Å². The topological polar surface area (TPSA) is 137 Å². The molecule has 0 fully saturated rings. The molecule has 4 N–H and O–H groups in total. The van der Waals surface area contributed by atoms with Gasteiger partial charge in [0.2, 0.25) is 0 Å². The van der Waals surface area contributed by atoms with Crippen LogP contribution in [0.5, 0.6) is 0 Å². The minimum Gasteiger partial charge on any atom is -0.396 e. The number of aliphatic hydroxyl groups is 4. The third-order valence-corrected chi connectivity index (χ3v) is 9.10. The normalized spacial score (nSPS) is 12.5. The number of anilines is 2. The number of rotatable bonds is 32. The van der Waals surface area contributed by atoms with Crippen LogP contribution in [0.3, 0.4) is 0 Å². The van der Waals surface area contributed by atoms with Crippen molar-refractivity contribution < 1.29 is 48.7 Å². The number of hydrogen-bond acceptors (Lipinski definition) is 11. The molecule has 0 heterocycles. The third kappa shape index (κ3) is 18.2. The highest BCUT2D eigenvalue weighted by molar-refractivity contribution is 6.04. The Kier molecular flexibility index (Phi) is 24.9. The van der Waals surface area contributed by atoms with E-state index in [9.17, 15) is 0 Å². The van der Waals surface area contributed by atoms with E-state index in [1.54, 1.807) is 0 Å². The molecule has 12 nitrogen and oxygen atoms in total. The molecular formula is C44H68N3O9+. The van der Waals surface area contributed by atoms with E-state index in [0.717, 1.165) is 45.8 Å². The van der Waals surface area contributed by atoms with Crippen molar-refractivity contribution >= 4 is 22.7 Å². The molecule has 0 aromatic heterocycles. The van der Waals surface area contributed by atoms with Crippen LogP contribution in [0.4, 0.5) is 11.4 Å². The molecule has 0 radical (unpaired) electrons. The Balaban J connectivity index is 1.83. The summed E-state index contributed by atoms with van der Waals surface area (Å²) in [6, 6.07) is 17.3. The summed E-state index contributed by atoms with van der Waals surface area (Å²) in [7, 11) is 4.09. The lowest BCUT2D eigenvalue weighted by atomic mass is 9.90. The highest BCUT2D eigenvalue weighted by Gasteiger charge is 2.16. The zero-order valence-electron chi connectivity index (χ0n) is 33.9. The number of allylic oxidation sites excluding steroid dienone is 5. The molecule has 0 unspecified atom stereocenters. The third-order valence-electron chi connectivity index (χ3n) is 9.10. The van der Waals surface area contributed by atoms with Gasteiger partial charge in [-0.3, -0.25) is 0 Å². The van der Waals surface area contributed by atoms with E-state index in [-0.39, 0.29) is 26.4 Å². The van der Waals surface area contributed by atoms with Gasteiger partial charge in [0.1, 0.15) is 14.1 Å². The Morgan fingerprint density at radius 2 is 0.768 bits per heavy atom. The van der Waals surface area contributed by atoms with Gasteiger partial charge in [-0.2, -0.15) is 0 Å². The lowest BCUT2D eigenvalue weighted by Crippen LogP contribution is -2.31. The highest BCUT2D eigenvalue weighted by Crippen LogP contribution is 2.32. The predicted molar refractivity (Wildman–Crippen MR) is 224 cm³/mol. The zero-order valence-corrected chi connectivity index (χ0v) is 33.9. The molecule has 0 spiro atoms. The number of benzene rings is 2. The molecule has 1 aliphatic rings. The van der Waals surface area contributed by atoms with Gasteiger partial charge in [-0.15, -0.1) is 0 Å². The molecule has 12 heteroatoms. The average Bonchev–Trinajstić information content (AvgIpc) is 3.22. The van der Waals surface area contributed by atoms with Gasteiger partial charge in [-0.1, -0.05) is 24.3 Å². The quantitative estimate of drug-likeness (QED) is 0.0635. The van der Waals surface area contributed by atoms with Gasteiger partial charge in [0.25, 0.3) is 0 Å². The van der Waals surface area contributed by atoms with Gasteiger partial charge in [-0.05, 0) is 90.8 Å². The van der Waals surface area contributed by atoms with Crippen molar-refractivity contribution in [3.63, 3.8) is 0 Å². The van der Waals surface area contributed by atoms with Crippen LogP contribution in [0.15, 0.2) is 78.4 Å². The lowest BCUT2D eigenvalue weighted by Gasteiger charge is -2.26. The molecule has 2 aromatic rings. The van der Waals surface area contributed by atoms with E-state index in [1.165, 1.54) is 0 Å². The van der Waals surface area contributed by atoms with Crippen LogP contribution in [-0.4, -0.2) is 163 Å². The second-order valence-electron chi connectivity index (χ2n) is 13.6. The Hall–Kier alpha value is -3.43. The molecule has 0 aliphatic heterocycles. The summed E-state index contributed by atoms with van der Waals surface area (Å²) in [6.07, 6.45) is 11.9. The van der Waals surface area contributed by atoms with Crippen molar-refractivity contribution in [2.75, 3.05) is 143 Å². The van der Waals surface area contributed by atoms with E-state index >= 15 is 0 Å². The summed E-state index contributed by atoms with van der Waals surface area (Å²) in [5.41, 5.74) is 7.71. The van der Waals surface area contributed by atoms with Crippen LogP contribution in [0.25, 0.3) is 5.57 Å². The van der Waals surface area contributed by atoms with E-state index < -0.39 is 0 Å². The van der Waals surface area contributed by atoms with E-state index in [1.807, 2.05) is 14.1 Å². The van der Waals surface area contributed by atoms with Crippen molar-refractivity contribution in [3.8, 4) is 0 Å². The van der Waals surface area contributed by atoms with Crippen LogP contribution in [-0.2, 0) is 23.7 Å².